The Morgan fingerprint density at radius 2 is 2.07 bits per heavy atom. The molecular weight excluding hydrogens is 190 g/mol. The summed E-state index contributed by atoms with van der Waals surface area (Å²) in [6.07, 6.45) is 3.29. The Labute approximate surface area is 87.4 Å². The van der Waals surface area contributed by atoms with Gasteiger partial charge in [0, 0.05) is 11.9 Å². The van der Waals surface area contributed by atoms with Crippen LogP contribution in [0.3, 0.4) is 0 Å². The molecule has 1 heterocycles. The van der Waals surface area contributed by atoms with E-state index in [-0.39, 0.29) is 0 Å². The molecule has 0 aliphatic rings. The Morgan fingerprint density at radius 3 is 2.60 bits per heavy atom. The van der Waals surface area contributed by atoms with Crippen molar-refractivity contribution in [2.75, 3.05) is 7.11 Å². The van der Waals surface area contributed by atoms with E-state index in [1.54, 1.807) is 24.2 Å². The van der Waals surface area contributed by atoms with Gasteiger partial charge in [0.25, 0.3) is 0 Å². The number of benzene rings is 1. The molecule has 1 aromatic carbocycles. The van der Waals surface area contributed by atoms with Crippen molar-refractivity contribution in [1.29, 1.82) is 5.26 Å². The Kier molecular flexibility index (Phi) is 2.38. The van der Waals surface area contributed by atoms with E-state index in [1.165, 1.54) is 0 Å². The molecule has 0 bridgehead atoms. The second kappa shape index (κ2) is 3.84. The predicted molar refractivity (Wildman–Crippen MR) is 54.8 cm³/mol. The quantitative estimate of drug-likeness (QED) is 0.740. The van der Waals surface area contributed by atoms with E-state index in [0.29, 0.717) is 5.69 Å². The minimum Gasteiger partial charge on any atom is -0.497 e. The maximum Gasteiger partial charge on any atom is 0.158 e. The number of imidazole rings is 1. The van der Waals surface area contributed by atoms with Crippen LogP contribution < -0.4 is 4.74 Å². The molecule has 0 saturated heterocycles. The molecule has 0 atom stereocenters. The van der Waals surface area contributed by atoms with Crippen LogP contribution in [0.4, 0.5) is 0 Å². The van der Waals surface area contributed by atoms with Crippen molar-refractivity contribution in [3.8, 4) is 17.5 Å². The summed E-state index contributed by atoms with van der Waals surface area (Å²) in [5, 5.41) is 8.63. The molecule has 0 fully saturated rings. The topological polar surface area (TPSA) is 50.8 Å². The van der Waals surface area contributed by atoms with Gasteiger partial charge in [0.05, 0.1) is 7.11 Å². The van der Waals surface area contributed by atoms with Gasteiger partial charge in [-0.3, -0.25) is 0 Å². The van der Waals surface area contributed by atoms with E-state index in [0.717, 1.165) is 11.4 Å². The molecule has 0 saturated carbocycles. The second-order valence-electron chi connectivity index (χ2n) is 2.98. The van der Waals surface area contributed by atoms with Crippen LogP contribution >= 0.6 is 0 Å². The van der Waals surface area contributed by atoms with Crippen LogP contribution in [0.15, 0.2) is 36.8 Å². The van der Waals surface area contributed by atoms with Crippen LogP contribution in [0.2, 0.25) is 0 Å². The van der Waals surface area contributed by atoms with Gasteiger partial charge in [-0.1, -0.05) is 0 Å². The fourth-order valence-corrected chi connectivity index (χ4v) is 1.28. The number of rotatable bonds is 2. The number of nitriles is 1. The van der Waals surface area contributed by atoms with Gasteiger partial charge in [-0.15, -0.1) is 0 Å². The van der Waals surface area contributed by atoms with E-state index in [9.17, 15) is 0 Å². The highest BCUT2D eigenvalue weighted by Gasteiger charge is 1.99. The predicted octanol–water partition coefficient (Wildman–Crippen LogP) is 1.75. The van der Waals surface area contributed by atoms with Crippen LogP contribution in [-0.4, -0.2) is 16.7 Å². The molecule has 0 aliphatic heterocycles. The first-order valence-electron chi connectivity index (χ1n) is 4.42. The summed E-state index contributed by atoms with van der Waals surface area (Å²) in [6.45, 7) is 0. The summed E-state index contributed by atoms with van der Waals surface area (Å²) < 4.78 is 6.84. The maximum atomic E-state index is 8.63. The van der Waals surface area contributed by atoms with E-state index in [4.69, 9.17) is 10.00 Å². The van der Waals surface area contributed by atoms with Crippen LogP contribution in [0.5, 0.6) is 5.75 Å². The van der Waals surface area contributed by atoms with Gasteiger partial charge in [-0.25, -0.2) is 4.98 Å². The third kappa shape index (κ3) is 1.81. The lowest BCUT2D eigenvalue weighted by molar-refractivity contribution is 0.415. The maximum absolute atomic E-state index is 8.63. The normalized spacial score (nSPS) is 9.60. The first kappa shape index (κ1) is 9.28. The Hall–Kier alpha value is -2.28. The zero-order valence-electron chi connectivity index (χ0n) is 8.21. The van der Waals surface area contributed by atoms with Crippen molar-refractivity contribution in [3.05, 3.63) is 42.5 Å². The smallest absolute Gasteiger partial charge is 0.158 e. The van der Waals surface area contributed by atoms with Gasteiger partial charge < -0.3 is 9.30 Å². The van der Waals surface area contributed by atoms with Crippen molar-refractivity contribution in [3.63, 3.8) is 0 Å². The minimum absolute atomic E-state index is 0.408. The molecule has 0 aliphatic carbocycles. The number of hydrogen-bond acceptors (Lipinski definition) is 3. The molecule has 1 aromatic heterocycles. The van der Waals surface area contributed by atoms with Gasteiger partial charge in [-0.2, -0.15) is 5.26 Å². The molecule has 4 nitrogen and oxygen atoms in total. The molecule has 0 N–H and O–H groups in total. The molecule has 15 heavy (non-hydrogen) atoms. The lowest BCUT2D eigenvalue weighted by Gasteiger charge is -2.03. The van der Waals surface area contributed by atoms with Crippen LogP contribution in [0.25, 0.3) is 5.69 Å². The van der Waals surface area contributed by atoms with E-state index in [1.807, 2.05) is 30.3 Å². The average Bonchev–Trinajstić information content (AvgIpc) is 2.78. The molecule has 2 rings (SSSR count). The lowest BCUT2D eigenvalue weighted by atomic mass is 10.3. The van der Waals surface area contributed by atoms with Crippen molar-refractivity contribution in [2.45, 2.75) is 0 Å². The summed E-state index contributed by atoms with van der Waals surface area (Å²) in [4.78, 5) is 3.92. The highest BCUT2D eigenvalue weighted by atomic mass is 16.5. The highest BCUT2D eigenvalue weighted by Crippen LogP contribution is 2.14. The number of aromatic nitrogens is 2. The van der Waals surface area contributed by atoms with Crippen LogP contribution in [-0.2, 0) is 0 Å². The molecule has 0 spiro atoms. The summed E-state index contributed by atoms with van der Waals surface area (Å²) in [5.41, 5.74) is 1.36. The second-order valence-corrected chi connectivity index (χ2v) is 2.98. The minimum atomic E-state index is 0.408. The molecule has 0 radical (unpaired) electrons. The molecule has 4 heteroatoms. The van der Waals surface area contributed by atoms with E-state index < -0.39 is 0 Å². The number of hydrogen-bond donors (Lipinski definition) is 0. The number of ether oxygens (including phenoxy) is 1. The monoisotopic (exact) mass is 199 g/mol. The van der Waals surface area contributed by atoms with Crippen LogP contribution in [0.1, 0.15) is 5.69 Å². The van der Waals surface area contributed by atoms with Gasteiger partial charge in [-0.05, 0) is 24.3 Å². The van der Waals surface area contributed by atoms with Gasteiger partial charge in [0.2, 0.25) is 0 Å². The van der Waals surface area contributed by atoms with Crippen molar-refractivity contribution >= 4 is 0 Å². The lowest BCUT2D eigenvalue weighted by Crippen LogP contribution is -1.90. The summed E-state index contributed by atoms with van der Waals surface area (Å²) in [7, 11) is 1.63. The van der Waals surface area contributed by atoms with Crippen molar-refractivity contribution in [2.24, 2.45) is 0 Å². The summed E-state index contributed by atoms with van der Waals surface area (Å²) in [5.74, 6) is 0.805. The largest absolute Gasteiger partial charge is 0.497 e. The van der Waals surface area contributed by atoms with Crippen LogP contribution in [0, 0.1) is 11.3 Å². The van der Waals surface area contributed by atoms with Gasteiger partial charge >= 0.3 is 0 Å². The van der Waals surface area contributed by atoms with Gasteiger partial charge in [0.1, 0.15) is 18.1 Å². The zero-order chi connectivity index (χ0) is 10.7. The summed E-state index contributed by atoms with van der Waals surface area (Å²) >= 11 is 0. The molecule has 2 aromatic rings. The summed E-state index contributed by atoms with van der Waals surface area (Å²) in [6, 6.07) is 9.52. The third-order valence-corrected chi connectivity index (χ3v) is 2.07. The first-order valence-corrected chi connectivity index (χ1v) is 4.42. The average molecular weight is 199 g/mol. The van der Waals surface area contributed by atoms with E-state index >= 15 is 0 Å². The Bertz CT molecular complexity index is 493. The number of methoxy groups -OCH3 is 1. The van der Waals surface area contributed by atoms with Crippen molar-refractivity contribution < 1.29 is 4.74 Å². The standard InChI is InChI=1S/C11H9N3O/c1-15-11-4-2-10(3-5-11)14-7-9(6-12)13-8-14/h2-5,7-8H,1H3. The molecular formula is C11H9N3O. The first-order chi connectivity index (χ1) is 7.33. The molecule has 74 valence electrons. The van der Waals surface area contributed by atoms with Gasteiger partial charge in [0.15, 0.2) is 5.69 Å². The van der Waals surface area contributed by atoms with E-state index in [2.05, 4.69) is 4.98 Å². The third-order valence-electron chi connectivity index (χ3n) is 2.07. The Balaban J connectivity index is 2.33. The fraction of sp³-hybridized carbons (Fsp3) is 0.0909. The zero-order valence-corrected chi connectivity index (χ0v) is 8.21. The Morgan fingerprint density at radius 1 is 1.33 bits per heavy atom. The fourth-order valence-electron chi connectivity index (χ4n) is 1.28. The molecule has 0 unspecified atom stereocenters. The molecule has 0 amide bonds. The SMILES string of the molecule is COc1ccc(-n2cnc(C#N)c2)cc1. The highest BCUT2D eigenvalue weighted by molar-refractivity contribution is 5.38. The number of nitrogens with zero attached hydrogens (tertiary/aromatic N) is 3. The van der Waals surface area contributed by atoms with Crippen molar-refractivity contribution in [1.82, 2.24) is 9.55 Å².